The van der Waals surface area contributed by atoms with E-state index in [1.54, 1.807) is 70.4 Å². The van der Waals surface area contributed by atoms with Crippen molar-refractivity contribution in [3.63, 3.8) is 0 Å². The van der Waals surface area contributed by atoms with Crippen LogP contribution in [-0.2, 0) is 14.3 Å². The van der Waals surface area contributed by atoms with E-state index in [-0.39, 0.29) is 23.5 Å². The number of hydrogen-bond donors (Lipinski definition) is 0. The van der Waals surface area contributed by atoms with Crippen molar-refractivity contribution in [1.29, 1.82) is 0 Å². The van der Waals surface area contributed by atoms with Gasteiger partial charge in [-0.3, -0.25) is 14.2 Å². The number of benzene rings is 2. The van der Waals surface area contributed by atoms with Crippen LogP contribution in [0.25, 0.3) is 6.08 Å². The summed E-state index contributed by atoms with van der Waals surface area (Å²) in [7, 11) is 3.10. The van der Waals surface area contributed by atoms with Crippen LogP contribution >= 0.6 is 11.3 Å². The van der Waals surface area contributed by atoms with Crippen LogP contribution in [0.4, 0.5) is 0 Å². The number of methoxy groups -OCH3 is 2. The molecule has 11 heteroatoms. The molecule has 10 nitrogen and oxygen atoms in total. The minimum Gasteiger partial charge on any atom is -0.497 e. The van der Waals surface area contributed by atoms with Gasteiger partial charge in [0.25, 0.3) is 5.56 Å². The number of hydrogen-bond acceptors (Lipinski definition) is 10. The summed E-state index contributed by atoms with van der Waals surface area (Å²) in [4.78, 5) is 43.8. The molecule has 3 aromatic rings. The highest BCUT2D eigenvalue weighted by Crippen LogP contribution is 2.36. The van der Waals surface area contributed by atoms with Crippen molar-refractivity contribution in [2.45, 2.75) is 33.7 Å². The summed E-state index contributed by atoms with van der Waals surface area (Å²) in [6.45, 7) is 6.98. The van der Waals surface area contributed by atoms with Gasteiger partial charge in [-0.2, -0.15) is 0 Å². The lowest BCUT2D eigenvalue weighted by molar-refractivity contribution is -0.139. The lowest BCUT2D eigenvalue weighted by atomic mass is 9.95. The number of allylic oxidation sites excluding steroid dienone is 1. The maximum atomic E-state index is 13.9. The van der Waals surface area contributed by atoms with Crippen molar-refractivity contribution in [1.82, 2.24) is 4.57 Å². The summed E-state index contributed by atoms with van der Waals surface area (Å²) in [5.74, 6) is 0.606. The molecule has 0 fully saturated rings. The zero-order valence-electron chi connectivity index (χ0n) is 23.1. The monoisotopic (exact) mass is 566 g/mol. The van der Waals surface area contributed by atoms with Crippen molar-refractivity contribution in [2.24, 2.45) is 4.99 Å². The number of nitrogens with zero attached hydrogens (tertiary/aromatic N) is 2. The zero-order valence-corrected chi connectivity index (χ0v) is 23.9. The Morgan fingerprint density at radius 2 is 1.80 bits per heavy atom. The highest BCUT2D eigenvalue weighted by molar-refractivity contribution is 7.07. The van der Waals surface area contributed by atoms with E-state index in [4.69, 9.17) is 23.7 Å². The van der Waals surface area contributed by atoms with Gasteiger partial charge in [0.2, 0.25) is 0 Å². The number of aromatic nitrogens is 1. The number of rotatable bonds is 9. The molecule has 0 aliphatic carbocycles. The van der Waals surface area contributed by atoms with Gasteiger partial charge in [-0.1, -0.05) is 17.4 Å². The van der Waals surface area contributed by atoms with Crippen molar-refractivity contribution in [3.8, 4) is 23.0 Å². The van der Waals surface area contributed by atoms with Crippen molar-refractivity contribution >= 4 is 29.4 Å². The molecular formula is C29H30N2O8S. The third-order valence-electron chi connectivity index (χ3n) is 6.08. The van der Waals surface area contributed by atoms with Gasteiger partial charge in [0.1, 0.15) is 11.5 Å². The van der Waals surface area contributed by atoms with Crippen molar-refractivity contribution < 1.29 is 33.3 Å². The first-order chi connectivity index (χ1) is 19.2. The molecule has 40 heavy (non-hydrogen) atoms. The first-order valence-corrected chi connectivity index (χ1v) is 13.4. The first kappa shape index (κ1) is 28.6. The molecule has 1 unspecified atom stereocenters. The molecule has 2 aromatic carbocycles. The van der Waals surface area contributed by atoms with Gasteiger partial charge in [0.15, 0.2) is 16.3 Å². The van der Waals surface area contributed by atoms with E-state index >= 15 is 0 Å². The first-order valence-electron chi connectivity index (χ1n) is 12.6. The Morgan fingerprint density at radius 3 is 2.45 bits per heavy atom. The molecule has 0 saturated carbocycles. The summed E-state index contributed by atoms with van der Waals surface area (Å²) in [6, 6.07) is 9.37. The summed E-state index contributed by atoms with van der Waals surface area (Å²) >= 11 is 1.20. The number of carbonyl (C=O) groups excluding carboxylic acids is 2. The van der Waals surface area contributed by atoms with Crippen molar-refractivity contribution in [2.75, 3.05) is 27.4 Å². The van der Waals surface area contributed by atoms with E-state index in [2.05, 4.69) is 4.99 Å². The fourth-order valence-corrected chi connectivity index (χ4v) is 5.43. The largest absolute Gasteiger partial charge is 0.497 e. The molecule has 1 aliphatic heterocycles. The van der Waals surface area contributed by atoms with Gasteiger partial charge in [-0.25, -0.2) is 9.79 Å². The smallest absolute Gasteiger partial charge is 0.338 e. The third kappa shape index (κ3) is 5.64. The fourth-order valence-electron chi connectivity index (χ4n) is 4.39. The quantitative estimate of drug-likeness (QED) is 0.287. The molecule has 0 spiro atoms. The molecular weight excluding hydrogens is 536 g/mol. The Kier molecular flexibility index (Phi) is 8.73. The Morgan fingerprint density at radius 1 is 1.02 bits per heavy atom. The van der Waals surface area contributed by atoms with Gasteiger partial charge in [-0.05, 0) is 56.7 Å². The highest BCUT2D eigenvalue weighted by atomic mass is 32.1. The Hall–Kier alpha value is -4.38. The van der Waals surface area contributed by atoms with E-state index in [0.717, 1.165) is 0 Å². The molecule has 1 atom stereocenters. The number of thiazole rings is 1. The van der Waals surface area contributed by atoms with Crippen LogP contribution in [0.1, 0.15) is 44.9 Å². The van der Waals surface area contributed by atoms with E-state index in [0.29, 0.717) is 50.0 Å². The summed E-state index contributed by atoms with van der Waals surface area (Å²) < 4.78 is 29.0. The van der Waals surface area contributed by atoms with Gasteiger partial charge in [-0.15, -0.1) is 0 Å². The Labute approximate surface area is 234 Å². The van der Waals surface area contributed by atoms with Crippen LogP contribution in [0, 0.1) is 0 Å². The molecule has 0 saturated heterocycles. The summed E-state index contributed by atoms with van der Waals surface area (Å²) in [6.07, 6.45) is 1.72. The number of ether oxygens (including phenoxy) is 5. The molecule has 1 aromatic heterocycles. The summed E-state index contributed by atoms with van der Waals surface area (Å²) in [5.41, 5.74) is 1.55. The van der Waals surface area contributed by atoms with Gasteiger partial charge >= 0.3 is 11.9 Å². The maximum Gasteiger partial charge on any atom is 0.338 e. The standard InChI is InChI=1S/C29H30N2O8S/c1-7-37-23-13-19(10-12-21(23)39-17(4)32)26-25(28(34)38-8-2)16(3)30-29-31(26)27(33)24(40-29)14-18-9-11-20(35-5)15-22(18)36-6/h9-15,26H,7-8H2,1-6H3/b24-14+. The predicted molar refractivity (Wildman–Crippen MR) is 149 cm³/mol. The molecule has 0 bridgehead atoms. The minimum atomic E-state index is -0.860. The van der Waals surface area contributed by atoms with Crippen LogP contribution < -0.4 is 33.8 Å². The van der Waals surface area contributed by atoms with Crippen LogP contribution in [-0.4, -0.2) is 43.9 Å². The number of esters is 2. The molecule has 4 rings (SSSR count). The normalized spacial score (nSPS) is 14.8. The molecule has 0 radical (unpaired) electrons. The average Bonchev–Trinajstić information content (AvgIpc) is 3.23. The minimum absolute atomic E-state index is 0.152. The fraction of sp³-hybridized carbons (Fsp3) is 0.310. The Balaban J connectivity index is 1.96. The van der Waals surface area contributed by atoms with Gasteiger partial charge < -0.3 is 23.7 Å². The van der Waals surface area contributed by atoms with Gasteiger partial charge in [0, 0.05) is 18.6 Å². The number of carbonyl (C=O) groups is 2. The molecule has 0 N–H and O–H groups in total. The Bertz CT molecular complexity index is 1670. The second kappa shape index (κ2) is 12.2. The van der Waals surface area contributed by atoms with Crippen LogP contribution in [0.15, 0.2) is 57.5 Å². The van der Waals surface area contributed by atoms with E-state index < -0.39 is 18.0 Å². The molecule has 210 valence electrons. The van der Waals surface area contributed by atoms with E-state index in [9.17, 15) is 14.4 Å². The lowest BCUT2D eigenvalue weighted by Crippen LogP contribution is -2.40. The second-order valence-electron chi connectivity index (χ2n) is 8.64. The predicted octanol–water partition coefficient (Wildman–Crippen LogP) is 3.14. The zero-order chi connectivity index (χ0) is 29.0. The average molecular weight is 567 g/mol. The van der Waals surface area contributed by atoms with Crippen LogP contribution in [0.3, 0.4) is 0 Å². The third-order valence-corrected chi connectivity index (χ3v) is 7.06. The lowest BCUT2D eigenvalue weighted by Gasteiger charge is -2.25. The SMILES string of the molecule is CCOC(=O)C1=C(C)N=c2s/c(=C/c3ccc(OC)cc3OC)c(=O)n2C1c1ccc(OC(C)=O)c(OCC)c1. The van der Waals surface area contributed by atoms with E-state index in [1.807, 2.05) is 0 Å². The van der Waals surface area contributed by atoms with Crippen LogP contribution in [0.2, 0.25) is 0 Å². The molecule has 0 amide bonds. The van der Waals surface area contributed by atoms with E-state index in [1.165, 1.54) is 29.9 Å². The molecule has 1 aliphatic rings. The number of fused-ring (bicyclic) bond motifs is 1. The second-order valence-corrected chi connectivity index (χ2v) is 9.65. The molecule has 2 heterocycles. The van der Waals surface area contributed by atoms with Crippen molar-refractivity contribution in [3.05, 3.63) is 78.5 Å². The van der Waals surface area contributed by atoms with Gasteiger partial charge in [0.05, 0.1) is 49.3 Å². The highest BCUT2D eigenvalue weighted by Gasteiger charge is 2.34. The summed E-state index contributed by atoms with van der Waals surface area (Å²) in [5, 5.41) is 0. The topological polar surface area (TPSA) is 115 Å². The maximum absolute atomic E-state index is 13.9. The van der Waals surface area contributed by atoms with Crippen LogP contribution in [0.5, 0.6) is 23.0 Å².